The van der Waals surface area contributed by atoms with Gasteiger partial charge in [-0.05, 0) is 53.8 Å². The fraction of sp³-hybridized carbons (Fsp3) is 0.364. The van der Waals surface area contributed by atoms with Gasteiger partial charge in [-0.2, -0.15) is 5.10 Å². The van der Waals surface area contributed by atoms with Gasteiger partial charge in [0, 0.05) is 56.5 Å². The molecular formula is C33H40ClN5. The number of hydrogen-bond donors (Lipinski definition) is 1. The maximum Gasteiger partial charge on any atom is 0.0769 e. The lowest BCUT2D eigenvalue weighted by Gasteiger charge is -2.39. The van der Waals surface area contributed by atoms with E-state index in [-0.39, 0.29) is 6.04 Å². The minimum atomic E-state index is 0.253. The second kappa shape index (κ2) is 13.4. The monoisotopic (exact) mass is 541 g/mol. The Hall–Kier alpha value is -2.96. The van der Waals surface area contributed by atoms with Crippen molar-refractivity contribution in [1.82, 2.24) is 24.9 Å². The summed E-state index contributed by atoms with van der Waals surface area (Å²) < 4.78 is 2.11. The van der Waals surface area contributed by atoms with Crippen LogP contribution >= 0.6 is 11.6 Å². The molecule has 0 bridgehead atoms. The molecule has 39 heavy (non-hydrogen) atoms. The van der Waals surface area contributed by atoms with Crippen molar-refractivity contribution in [3.8, 4) is 5.69 Å². The predicted octanol–water partition coefficient (Wildman–Crippen LogP) is 6.22. The zero-order chi connectivity index (χ0) is 27.0. The molecule has 1 aliphatic heterocycles. The zero-order valence-electron chi connectivity index (χ0n) is 23.1. The zero-order valence-corrected chi connectivity index (χ0v) is 23.9. The SMILES string of the molecule is CC(C)Cc1cc(CNCCN2CCN(C(c3ccccc3)c3ccc(Cl)cc3)CC2)nn1-c1ccccc1. The highest BCUT2D eigenvalue weighted by Crippen LogP contribution is 2.30. The number of piperazine rings is 1. The predicted molar refractivity (Wildman–Crippen MR) is 162 cm³/mol. The second-order valence-corrected chi connectivity index (χ2v) is 11.3. The molecule has 2 heterocycles. The van der Waals surface area contributed by atoms with Crippen LogP contribution in [0.1, 0.15) is 42.4 Å². The van der Waals surface area contributed by atoms with E-state index >= 15 is 0 Å². The van der Waals surface area contributed by atoms with Crippen molar-refractivity contribution in [2.75, 3.05) is 39.3 Å². The highest BCUT2D eigenvalue weighted by molar-refractivity contribution is 6.30. The highest BCUT2D eigenvalue weighted by atomic mass is 35.5. The van der Waals surface area contributed by atoms with Crippen LogP contribution in [0.3, 0.4) is 0 Å². The number of halogens is 1. The van der Waals surface area contributed by atoms with Gasteiger partial charge in [-0.25, -0.2) is 4.68 Å². The summed E-state index contributed by atoms with van der Waals surface area (Å²) in [6, 6.07) is 32.1. The third kappa shape index (κ3) is 7.37. The number of para-hydroxylation sites is 1. The Morgan fingerprint density at radius 2 is 1.46 bits per heavy atom. The maximum atomic E-state index is 6.19. The summed E-state index contributed by atoms with van der Waals surface area (Å²) in [7, 11) is 0. The molecular weight excluding hydrogens is 502 g/mol. The van der Waals surface area contributed by atoms with Crippen LogP contribution in [-0.2, 0) is 13.0 Å². The maximum absolute atomic E-state index is 6.19. The Balaban J connectivity index is 1.14. The van der Waals surface area contributed by atoms with E-state index in [9.17, 15) is 0 Å². The van der Waals surface area contributed by atoms with Gasteiger partial charge in [0.25, 0.3) is 0 Å². The molecule has 0 spiro atoms. The average molecular weight is 542 g/mol. The van der Waals surface area contributed by atoms with Crippen molar-refractivity contribution in [2.45, 2.75) is 32.9 Å². The molecule has 0 saturated carbocycles. The topological polar surface area (TPSA) is 36.3 Å². The molecule has 0 radical (unpaired) electrons. The molecule has 0 aliphatic carbocycles. The third-order valence-electron chi connectivity index (χ3n) is 7.44. The molecule has 1 N–H and O–H groups in total. The van der Waals surface area contributed by atoms with Crippen molar-refractivity contribution in [3.05, 3.63) is 119 Å². The molecule has 1 aliphatic rings. The van der Waals surface area contributed by atoms with Gasteiger partial charge in [-0.15, -0.1) is 0 Å². The average Bonchev–Trinajstić information content (AvgIpc) is 3.36. The Bertz CT molecular complexity index is 1280. The first-order valence-corrected chi connectivity index (χ1v) is 14.6. The van der Waals surface area contributed by atoms with Crippen molar-refractivity contribution in [2.24, 2.45) is 5.92 Å². The lowest BCUT2D eigenvalue weighted by atomic mass is 9.96. The highest BCUT2D eigenvalue weighted by Gasteiger charge is 2.26. The molecule has 3 aromatic carbocycles. The van der Waals surface area contributed by atoms with E-state index in [1.54, 1.807) is 0 Å². The van der Waals surface area contributed by atoms with Gasteiger partial charge in [-0.1, -0.05) is 86.1 Å². The Morgan fingerprint density at radius 3 is 2.13 bits per heavy atom. The first-order chi connectivity index (χ1) is 19.1. The smallest absolute Gasteiger partial charge is 0.0769 e. The minimum absolute atomic E-state index is 0.253. The molecule has 1 saturated heterocycles. The summed E-state index contributed by atoms with van der Waals surface area (Å²) in [5.41, 5.74) is 6.14. The molecule has 5 rings (SSSR count). The van der Waals surface area contributed by atoms with Crippen LogP contribution in [0.15, 0.2) is 91.0 Å². The van der Waals surface area contributed by atoms with Crippen LogP contribution in [0.2, 0.25) is 5.02 Å². The number of rotatable bonds is 11. The minimum Gasteiger partial charge on any atom is -0.310 e. The van der Waals surface area contributed by atoms with Gasteiger partial charge in [-0.3, -0.25) is 9.80 Å². The number of nitrogens with zero attached hydrogens (tertiary/aromatic N) is 4. The number of nitrogens with one attached hydrogen (secondary N) is 1. The van der Waals surface area contributed by atoms with Crippen LogP contribution in [0, 0.1) is 5.92 Å². The van der Waals surface area contributed by atoms with Crippen LogP contribution in [-0.4, -0.2) is 58.8 Å². The standard InChI is InChI=1S/C33H40ClN5/c1-26(2)23-32-24-30(36-39(32)31-11-7-4-8-12-31)25-35-17-18-37-19-21-38(22-20-37)33(27-9-5-3-6-10-27)28-13-15-29(34)16-14-28/h3-16,24,26,33,35H,17-23,25H2,1-2H3. The number of hydrogen-bond acceptors (Lipinski definition) is 4. The van der Waals surface area contributed by atoms with E-state index in [0.29, 0.717) is 5.92 Å². The largest absolute Gasteiger partial charge is 0.310 e. The van der Waals surface area contributed by atoms with Crippen molar-refractivity contribution >= 4 is 11.6 Å². The first-order valence-electron chi connectivity index (χ1n) is 14.2. The third-order valence-corrected chi connectivity index (χ3v) is 7.69. The molecule has 1 aromatic heterocycles. The van der Waals surface area contributed by atoms with Crippen molar-refractivity contribution in [3.63, 3.8) is 0 Å². The molecule has 1 unspecified atom stereocenters. The summed E-state index contributed by atoms with van der Waals surface area (Å²) >= 11 is 6.19. The van der Waals surface area contributed by atoms with E-state index < -0.39 is 0 Å². The molecule has 1 fully saturated rings. The van der Waals surface area contributed by atoms with Gasteiger partial charge in [0.2, 0.25) is 0 Å². The van der Waals surface area contributed by atoms with E-state index in [1.165, 1.54) is 16.8 Å². The summed E-state index contributed by atoms with van der Waals surface area (Å²) in [6.07, 6.45) is 1.02. The fourth-order valence-corrected chi connectivity index (χ4v) is 5.64. The first kappa shape index (κ1) is 27.6. The summed E-state index contributed by atoms with van der Waals surface area (Å²) in [5, 5.41) is 9.36. The van der Waals surface area contributed by atoms with Gasteiger partial charge < -0.3 is 5.32 Å². The number of aromatic nitrogens is 2. The lowest BCUT2D eigenvalue weighted by molar-refractivity contribution is 0.110. The number of benzene rings is 3. The van der Waals surface area contributed by atoms with Crippen molar-refractivity contribution in [1.29, 1.82) is 0 Å². The summed E-state index contributed by atoms with van der Waals surface area (Å²) in [4.78, 5) is 5.18. The fourth-order valence-electron chi connectivity index (χ4n) is 5.51. The molecule has 5 nitrogen and oxygen atoms in total. The Labute approximate surface area is 238 Å². The molecule has 1 atom stereocenters. The molecule has 0 amide bonds. The normalized spacial score (nSPS) is 15.6. The molecule has 204 valence electrons. The molecule has 4 aromatic rings. The van der Waals surface area contributed by atoms with Gasteiger partial charge in [0.05, 0.1) is 17.4 Å². The van der Waals surface area contributed by atoms with Crippen LogP contribution in [0.25, 0.3) is 5.69 Å². The van der Waals surface area contributed by atoms with E-state index in [0.717, 1.165) is 68.6 Å². The van der Waals surface area contributed by atoms with E-state index in [2.05, 4.69) is 113 Å². The Kier molecular flexibility index (Phi) is 9.49. The van der Waals surface area contributed by atoms with Crippen molar-refractivity contribution < 1.29 is 0 Å². The van der Waals surface area contributed by atoms with Gasteiger partial charge >= 0.3 is 0 Å². The van der Waals surface area contributed by atoms with Crippen LogP contribution in [0.5, 0.6) is 0 Å². The van der Waals surface area contributed by atoms with Gasteiger partial charge in [0.1, 0.15) is 0 Å². The summed E-state index contributed by atoms with van der Waals surface area (Å²) in [6.45, 7) is 11.5. The Morgan fingerprint density at radius 1 is 0.821 bits per heavy atom. The lowest BCUT2D eigenvalue weighted by Crippen LogP contribution is -2.49. The van der Waals surface area contributed by atoms with Crippen LogP contribution in [0.4, 0.5) is 0 Å². The molecule has 6 heteroatoms. The second-order valence-electron chi connectivity index (χ2n) is 10.9. The summed E-state index contributed by atoms with van der Waals surface area (Å²) in [5.74, 6) is 0.588. The van der Waals surface area contributed by atoms with E-state index in [4.69, 9.17) is 16.7 Å². The van der Waals surface area contributed by atoms with Gasteiger partial charge in [0.15, 0.2) is 0 Å². The quantitative estimate of drug-likeness (QED) is 0.229. The van der Waals surface area contributed by atoms with E-state index in [1.807, 2.05) is 12.1 Å². The van der Waals surface area contributed by atoms with Crippen LogP contribution < -0.4 is 5.32 Å².